The van der Waals surface area contributed by atoms with Crippen LogP contribution >= 0.6 is 0 Å². The first-order chi connectivity index (χ1) is 10.5. The van der Waals surface area contributed by atoms with E-state index >= 15 is 0 Å². The molecule has 0 spiro atoms. The van der Waals surface area contributed by atoms with Crippen molar-refractivity contribution in [3.05, 3.63) is 75.1 Å². The highest BCUT2D eigenvalue weighted by atomic mass is 19.1. The van der Waals surface area contributed by atoms with Crippen molar-refractivity contribution in [3.8, 4) is 0 Å². The molecule has 0 unspecified atom stereocenters. The van der Waals surface area contributed by atoms with Crippen molar-refractivity contribution in [1.82, 2.24) is 0 Å². The topological polar surface area (TPSA) is 90.8 Å². The summed E-state index contributed by atoms with van der Waals surface area (Å²) in [6.07, 6.45) is 0. The summed E-state index contributed by atoms with van der Waals surface area (Å²) in [5.41, 5.74) is 7.43. The van der Waals surface area contributed by atoms with Crippen LogP contribution in [0.4, 0.5) is 10.1 Å². The second-order valence-electron chi connectivity index (χ2n) is 4.58. The van der Waals surface area contributed by atoms with Crippen molar-refractivity contribution in [2.24, 2.45) is 10.9 Å². The van der Waals surface area contributed by atoms with Crippen molar-refractivity contribution in [3.63, 3.8) is 0 Å². The lowest BCUT2D eigenvalue weighted by Crippen LogP contribution is -2.13. The third-order valence-corrected chi connectivity index (χ3v) is 3.14. The van der Waals surface area contributed by atoms with Crippen molar-refractivity contribution in [2.75, 3.05) is 0 Å². The van der Waals surface area contributed by atoms with Gasteiger partial charge in [-0.1, -0.05) is 17.3 Å². The lowest BCUT2D eigenvalue weighted by molar-refractivity contribution is -0.385. The maximum Gasteiger partial charge on any atom is 0.272 e. The van der Waals surface area contributed by atoms with E-state index in [1.807, 2.05) is 0 Å². The monoisotopic (exact) mass is 303 g/mol. The van der Waals surface area contributed by atoms with Gasteiger partial charge in [-0.15, -0.1) is 0 Å². The van der Waals surface area contributed by atoms with Crippen molar-refractivity contribution >= 4 is 11.5 Å². The summed E-state index contributed by atoms with van der Waals surface area (Å²) in [6, 6.07) is 10.2. The molecule has 0 atom stereocenters. The number of oxime groups is 1. The lowest BCUT2D eigenvalue weighted by atomic mass is 10.1. The van der Waals surface area contributed by atoms with Gasteiger partial charge in [-0.2, -0.15) is 0 Å². The molecule has 0 fully saturated rings. The van der Waals surface area contributed by atoms with Gasteiger partial charge in [0.1, 0.15) is 12.4 Å². The molecular weight excluding hydrogens is 289 g/mol. The highest BCUT2D eigenvalue weighted by Crippen LogP contribution is 2.21. The molecule has 2 aromatic rings. The van der Waals surface area contributed by atoms with Gasteiger partial charge in [0.05, 0.1) is 4.92 Å². The van der Waals surface area contributed by atoms with Gasteiger partial charge in [0.15, 0.2) is 5.84 Å². The average molecular weight is 303 g/mol. The van der Waals surface area contributed by atoms with Crippen LogP contribution in [0.25, 0.3) is 0 Å². The number of hydrogen-bond donors (Lipinski definition) is 1. The van der Waals surface area contributed by atoms with Crippen LogP contribution in [-0.2, 0) is 11.4 Å². The average Bonchev–Trinajstić information content (AvgIpc) is 2.49. The molecule has 0 saturated heterocycles. The second-order valence-corrected chi connectivity index (χ2v) is 4.58. The molecule has 0 aliphatic rings. The summed E-state index contributed by atoms with van der Waals surface area (Å²) in [6.45, 7) is 1.69. The predicted octanol–water partition coefficient (Wildman–Crippen LogP) is 2.88. The van der Waals surface area contributed by atoms with E-state index in [1.54, 1.807) is 19.1 Å². The van der Waals surface area contributed by atoms with E-state index in [2.05, 4.69) is 5.16 Å². The van der Waals surface area contributed by atoms with Gasteiger partial charge in [0.2, 0.25) is 0 Å². The molecule has 2 rings (SSSR count). The number of nitro benzene ring substituents is 1. The highest BCUT2D eigenvalue weighted by molar-refractivity contribution is 5.96. The fraction of sp³-hybridized carbons (Fsp3) is 0.133. The largest absolute Gasteiger partial charge is 0.389 e. The third-order valence-electron chi connectivity index (χ3n) is 3.14. The Balaban J connectivity index is 2.07. The zero-order chi connectivity index (χ0) is 16.1. The summed E-state index contributed by atoms with van der Waals surface area (Å²) in [4.78, 5) is 15.5. The number of nitro groups is 1. The number of nitrogens with zero attached hydrogens (tertiary/aromatic N) is 2. The molecule has 2 aromatic carbocycles. The molecule has 0 aliphatic carbocycles. The highest BCUT2D eigenvalue weighted by Gasteiger charge is 2.13. The van der Waals surface area contributed by atoms with E-state index < -0.39 is 4.92 Å². The Morgan fingerprint density at radius 3 is 2.64 bits per heavy atom. The number of rotatable bonds is 5. The number of hydrogen-bond acceptors (Lipinski definition) is 4. The minimum Gasteiger partial charge on any atom is -0.389 e. The van der Waals surface area contributed by atoms with Crippen LogP contribution in [0, 0.1) is 22.9 Å². The van der Waals surface area contributed by atoms with Crippen molar-refractivity contribution < 1.29 is 14.2 Å². The number of nitrogens with two attached hydrogens (primary N) is 1. The smallest absolute Gasteiger partial charge is 0.272 e. The van der Waals surface area contributed by atoms with Crippen LogP contribution in [0.1, 0.15) is 16.7 Å². The van der Waals surface area contributed by atoms with Crippen LogP contribution in [0.3, 0.4) is 0 Å². The van der Waals surface area contributed by atoms with Gasteiger partial charge < -0.3 is 10.6 Å². The van der Waals surface area contributed by atoms with Crippen LogP contribution < -0.4 is 5.73 Å². The van der Waals surface area contributed by atoms with Gasteiger partial charge in [-0.25, -0.2) is 4.39 Å². The van der Waals surface area contributed by atoms with Gasteiger partial charge in [0.25, 0.3) is 5.69 Å². The number of halogens is 1. The van der Waals surface area contributed by atoms with E-state index in [0.29, 0.717) is 16.7 Å². The summed E-state index contributed by atoms with van der Waals surface area (Å²) in [7, 11) is 0. The van der Waals surface area contributed by atoms with E-state index in [0.717, 1.165) is 0 Å². The minimum atomic E-state index is -0.449. The maximum atomic E-state index is 12.8. The van der Waals surface area contributed by atoms with Crippen LogP contribution in [0.5, 0.6) is 0 Å². The zero-order valence-corrected chi connectivity index (χ0v) is 11.8. The summed E-state index contributed by atoms with van der Waals surface area (Å²) >= 11 is 0. The summed E-state index contributed by atoms with van der Waals surface area (Å²) < 4.78 is 12.8. The van der Waals surface area contributed by atoms with E-state index in [-0.39, 0.29) is 23.9 Å². The van der Waals surface area contributed by atoms with Crippen LogP contribution in [0.15, 0.2) is 47.6 Å². The Bertz CT molecular complexity index is 714. The Morgan fingerprint density at radius 2 is 2.00 bits per heavy atom. The second kappa shape index (κ2) is 6.66. The number of amidine groups is 1. The molecule has 0 aromatic heterocycles. The molecular formula is C15H14FN3O3. The zero-order valence-electron chi connectivity index (χ0n) is 11.8. The van der Waals surface area contributed by atoms with E-state index in [4.69, 9.17) is 10.6 Å². The molecule has 0 aliphatic heterocycles. The first-order valence-electron chi connectivity index (χ1n) is 6.43. The van der Waals surface area contributed by atoms with Crippen molar-refractivity contribution in [1.29, 1.82) is 0 Å². The Morgan fingerprint density at radius 1 is 1.32 bits per heavy atom. The standard InChI is InChI=1S/C15H14FN3O3/c1-10-12(3-2-4-14(10)19(20)21)9-22-18-15(17)11-5-7-13(16)8-6-11/h2-8H,9H2,1H3,(H2,17,18). The molecule has 0 radical (unpaired) electrons. The Hall–Kier alpha value is -2.96. The molecule has 6 nitrogen and oxygen atoms in total. The molecule has 22 heavy (non-hydrogen) atoms. The SMILES string of the molecule is Cc1c(CO/N=C(/N)c2ccc(F)cc2)cccc1[N+](=O)[O-]. The molecule has 0 heterocycles. The van der Waals surface area contributed by atoms with Crippen molar-refractivity contribution in [2.45, 2.75) is 13.5 Å². The first kappa shape index (κ1) is 15.4. The molecule has 7 heteroatoms. The molecule has 0 amide bonds. The normalized spacial score (nSPS) is 11.3. The van der Waals surface area contributed by atoms with Gasteiger partial charge in [0, 0.05) is 22.8 Å². The predicted molar refractivity (Wildman–Crippen MR) is 79.7 cm³/mol. The quantitative estimate of drug-likeness (QED) is 0.398. The van der Waals surface area contributed by atoms with Crippen LogP contribution in [-0.4, -0.2) is 10.8 Å². The summed E-state index contributed by atoms with van der Waals surface area (Å²) in [5.74, 6) is -0.271. The van der Waals surface area contributed by atoms with Crippen LogP contribution in [0.2, 0.25) is 0 Å². The Kier molecular flexibility index (Phi) is 4.67. The first-order valence-corrected chi connectivity index (χ1v) is 6.43. The lowest BCUT2D eigenvalue weighted by Gasteiger charge is -2.06. The van der Waals surface area contributed by atoms with Gasteiger partial charge in [-0.05, 0) is 31.2 Å². The maximum absolute atomic E-state index is 12.8. The molecule has 114 valence electrons. The van der Waals surface area contributed by atoms with E-state index in [1.165, 1.54) is 30.3 Å². The Labute approximate surface area is 126 Å². The fourth-order valence-corrected chi connectivity index (χ4v) is 1.87. The minimum absolute atomic E-state index is 0.0246. The summed E-state index contributed by atoms with van der Waals surface area (Å²) in [5, 5.41) is 14.6. The van der Waals surface area contributed by atoms with Gasteiger partial charge >= 0.3 is 0 Å². The van der Waals surface area contributed by atoms with E-state index in [9.17, 15) is 14.5 Å². The molecule has 0 saturated carbocycles. The molecule has 2 N–H and O–H groups in total. The third kappa shape index (κ3) is 3.57. The van der Waals surface area contributed by atoms with Gasteiger partial charge in [-0.3, -0.25) is 10.1 Å². The number of benzene rings is 2. The molecule has 0 bridgehead atoms. The fourth-order valence-electron chi connectivity index (χ4n) is 1.87.